The van der Waals surface area contributed by atoms with Crippen molar-refractivity contribution < 1.29 is 4.74 Å². The molecule has 19 heavy (non-hydrogen) atoms. The van der Waals surface area contributed by atoms with Crippen LogP contribution in [0.3, 0.4) is 0 Å². The molecule has 0 heterocycles. The van der Waals surface area contributed by atoms with Crippen molar-refractivity contribution in [1.82, 2.24) is 4.90 Å². The second-order valence-electron chi connectivity index (χ2n) is 6.33. The van der Waals surface area contributed by atoms with Gasteiger partial charge in [-0.25, -0.2) is 0 Å². The van der Waals surface area contributed by atoms with Crippen LogP contribution in [-0.2, 0) is 6.42 Å². The quantitative estimate of drug-likeness (QED) is 0.822. The summed E-state index contributed by atoms with van der Waals surface area (Å²) in [6, 6.07) is 8.21. The fraction of sp³-hybridized carbons (Fsp3) is 0.625. The van der Waals surface area contributed by atoms with E-state index in [4.69, 9.17) is 10.5 Å². The summed E-state index contributed by atoms with van der Waals surface area (Å²) in [5.74, 6) is 0.935. The van der Waals surface area contributed by atoms with Gasteiger partial charge in [-0.15, -0.1) is 0 Å². The predicted octanol–water partition coefficient (Wildman–Crippen LogP) is 2.54. The maximum absolute atomic E-state index is 5.75. The smallest absolute Gasteiger partial charge is 0.119 e. The third kappa shape index (κ3) is 7.19. The molecule has 0 aromatic heterocycles. The Morgan fingerprint density at radius 2 is 1.79 bits per heavy atom. The first-order valence-electron chi connectivity index (χ1n) is 7.01. The van der Waals surface area contributed by atoms with E-state index >= 15 is 0 Å². The van der Waals surface area contributed by atoms with Crippen LogP contribution in [-0.4, -0.2) is 38.2 Å². The van der Waals surface area contributed by atoms with Crippen molar-refractivity contribution in [3.8, 4) is 5.75 Å². The van der Waals surface area contributed by atoms with Crippen molar-refractivity contribution in [3.05, 3.63) is 29.8 Å². The van der Waals surface area contributed by atoms with Gasteiger partial charge in [0, 0.05) is 13.1 Å². The molecule has 3 nitrogen and oxygen atoms in total. The van der Waals surface area contributed by atoms with E-state index in [2.05, 4.69) is 44.9 Å². The molecule has 3 heteroatoms. The molecule has 0 fully saturated rings. The number of nitrogens with two attached hydrogens (primary N) is 1. The van der Waals surface area contributed by atoms with E-state index in [0.717, 1.165) is 31.9 Å². The van der Waals surface area contributed by atoms with E-state index in [1.54, 1.807) is 0 Å². The van der Waals surface area contributed by atoms with Gasteiger partial charge in [-0.2, -0.15) is 0 Å². The zero-order valence-corrected chi connectivity index (χ0v) is 12.8. The molecule has 1 aromatic rings. The number of benzene rings is 1. The van der Waals surface area contributed by atoms with E-state index < -0.39 is 0 Å². The molecule has 0 spiro atoms. The molecule has 0 amide bonds. The van der Waals surface area contributed by atoms with Gasteiger partial charge in [0.25, 0.3) is 0 Å². The highest BCUT2D eigenvalue weighted by Gasteiger charge is 2.13. The molecule has 1 aromatic carbocycles. The van der Waals surface area contributed by atoms with Crippen LogP contribution in [0.15, 0.2) is 24.3 Å². The Labute approximate surface area is 117 Å². The van der Waals surface area contributed by atoms with Gasteiger partial charge in [-0.05, 0) is 43.1 Å². The van der Waals surface area contributed by atoms with Crippen LogP contribution in [0.5, 0.6) is 5.75 Å². The number of likely N-dealkylation sites (N-methyl/N-ethyl adjacent to an activating group) is 1. The highest BCUT2D eigenvalue weighted by atomic mass is 16.5. The first-order valence-corrected chi connectivity index (χ1v) is 7.01. The molecule has 2 N–H and O–H groups in total. The minimum atomic E-state index is 0.332. The summed E-state index contributed by atoms with van der Waals surface area (Å²) in [6.07, 6.45) is 0.925. The molecule has 0 saturated carbocycles. The Kier molecular flexibility index (Phi) is 6.32. The van der Waals surface area contributed by atoms with Crippen molar-refractivity contribution in [2.45, 2.75) is 27.2 Å². The van der Waals surface area contributed by atoms with Gasteiger partial charge >= 0.3 is 0 Å². The molecule has 0 saturated heterocycles. The third-order valence-electron chi connectivity index (χ3n) is 2.84. The van der Waals surface area contributed by atoms with Crippen LogP contribution in [0.4, 0.5) is 0 Å². The maximum Gasteiger partial charge on any atom is 0.119 e. The van der Waals surface area contributed by atoms with Crippen LogP contribution in [0, 0.1) is 5.41 Å². The average Bonchev–Trinajstić information content (AvgIpc) is 2.29. The Balaban J connectivity index is 2.29. The normalized spacial score (nSPS) is 11.9. The van der Waals surface area contributed by atoms with Gasteiger partial charge in [0.15, 0.2) is 0 Å². The number of nitrogens with zero attached hydrogens (tertiary/aromatic N) is 1. The molecule has 0 aliphatic heterocycles. The molecule has 0 aliphatic carbocycles. The molecule has 0 radical (unpaired) electrons. The first-order chi connectivity index (χ1) is 8.90. The van der Waals surface area contributed by atoms with Crippen molar-refractivity contribution in [2.24, 2.45) is 11.1 Å². The minimum absolute atomic E-state index is 0.332. The van der Waals surface area contributed by atoms with Gasteiger partial charge < -0.3 is 15.4 Å². The summed E-state index contributed by atoms with van der Waals surface area (Å²) < 4.78 is 5.75. The predicted molar refractivity (Wildman–Crippen MR) is 81.6 cm³/mol. The second kappa shape index (κ2) is 7.51. The van der Waals surface area contributed by atoms with E-state index in [0.29, 0.717) is 12.0 Å². The number of rotatable bonds is 7. The molecule has 0 bridgehead atoms. The summed E-state index contributed by atoms with van der Waals surface area (Å²) in [7, 11) is 2.14. The lowest BCUT2D eigenvalue weighted by atomic mass is 9.96. The van der Waals surface area contributed by atoms with Crippen LogP contribution >= 0.6 is 0 Å². The van der Waals surface area contributed by atoms with Gasteiger partial charge in [-0.1, -0.05) is 32.9 Å². The zero-order chi connectivity index (χ0) is 14.3. The fourth-order valence-electron chi connectivity index (χ4n) is 2.13. The Hall–Kier alpha value is -1.06. The van der Waals surface area contributed by atoms with E-state index in [1.807, 2.05) is 12.1 Å². The van der Waals surface area contributed by atoms with E-state index in [9.17, 15) is 0 Å². The highest BCUT2D eigenvalue weighted by Crippen LogP contribution is 2.15. The van der Waals surface area contributed by atoms with Crippen molar-refractivity contribution in [2.75, 3.05) is 33.3 Å². The van der Waals surface area contributed by atoms with Crippen LogP contribution in [0.1, 0.15) is 26.3 Å². The lowest BCUT2D eigenvalue weighted by Gasteiger charge is -2.26. The average molecular weight is 264 g/mol. The van der Waals surface area contributed by atoms with Gasteiger partial charge in [0.2, 0.25) is 0 Å². The Morgan fingerprint density at radius 1 is 1.16 bits per heavy atom. The monoisotopic (exact) mass is 264 g/mol. The summed E-state index contributed by atoms with van der Waals surface area (Å²) >= 11 is 0. The second-order valence-corrected chi connectivity index (χ2v) is 6.33. The van der Waals surface area contributed by atoms with Crippen molar-refractivity contribution >= 4 is 0 Å². The van der Waals surface area contributed by atoms with Crippen LogP contribution in [0.25, 0.3) is 0 Å². The SMILES string of the molecule is CN(CCOc1ccc(CCN)cc1)CC(C)(C)C. The maximum atomic E-state index is 5.75. The van der Waals surface area contributed by atoms with E-state index in [-0.39, 0.29) is 0 Å². The molecule has 0 atom stereocenters. The summed E-state index contributed by atoms with van der Waals surface area (Å²) in [5, 5.41) is 0. The third-order valence-corrected chi connectivity index (χ3v) is 2.84. The zero-order valence-electron chi connectivity index (χ0n) is 12.8. The molecule has 1 rings (SSSR count). The van der Waals surface area contributed by atoms with Crippen molar-refractivity contribution in [3.63, 3.8) is 0 Å². The molecular weight excluding hydrogens is 236 g/mol. The summed E-state index contributed by atoms with van der Waals surface area (Å²) in [4.78, 5) is 2.31. The Morgan fingerprint density at radius 3 is 2.32 bits per heavy atom. The van der Waals surface area contributed by atoms with Gasteiger partial charge in [0.05, 0.1) is 0 Å². The fourth-order valence-corrected chi connectivity index (χ4v) is 2.13. The topological polar surface area (TPSA) is 38.5 Å². The molecule has 108 valence electrons. The highest BCUT2D eigenvalue weighted by molar-refractivity contribution is 5.27. The van der Waals surface area contributed by atoms with Gasteiger partial charge in [-0.3, -0.25) is 0 Å². The number of ether oxygens (including phenoxy) is 1. The van der Waals surface area contributed by atoms with Crippen molar-refractivity contribution in [1.29, 1.82) is 0 Å². The van der Waals surface area contributed by atoms with Crippen LogP contribution < -0.4 is 10.5 Å². The Bertz CT molecular complexity index is 354. The lowest BCUT2D eigenvalue weighted by molar-refractivity contribution is 0.188. The number of hydrogen-bond acceptors (Lipinski definition) is 3. The molecule has 0 unspecified atom stereocenters. The van der Waals surface area contributed by atoms with E-state index in [1.165, 1.54) is 5.56 Å². The molecular formula is C16H28N2O. The van der Waals surface area contributed by atoms with Crippen LogP contribution in [0.2, 0.25) is 0 Å². The lowest BCUT2D eigenvalue weighted by Crippen LogP contribution is -2.32. The van der Waals surface area contributed by atoms with Gasteiger partial charge in [0.1, 0.15) is 12.4 Å². The standard InChI is InChI=1S/C16H28N2O/c1-16(2,3)13-18(4)11-12-19-15-7-5-14(6-8-15)9-10-17/h5-8H,9-13,17H2,1-4H3. The summed E-state index contributed by atoms with van der Waals surface area (Å²) in [6.45, 7) is 10.2. The molecule has 0 aliphatic rings. The minimum Gasteiger partial charge on any atom is -0.492 e. The largest absolute Gasteiger partial charge is 0.492 e. The first kappa shape index (κ1) is 16.0. The summed E-state index contributed by atoms with van der Waals surface area (Å²) in [5.41, 5.74) is 7.12. The number of hydrogen-bond donors (Lipinski definition) is 1.